The van der Waals surface area contributed by atoms with Gasteiger partial charge in [-0.25, -0.2) is 10.1 Å². The first-order chi connectivity index (χ1) is 13.1. The number of likely N-dealkylation sites (tertiary alicyclic amines) is 2. The molecule has 0 aliphatic carbocycles. The lowest BCUT2D eigenvalue weighted by Crippen LogP contribution is -2.36. The van der Waals surface area contributed by atoms with Crippen LogP contribution in [0.15, 0.2) is 11.5 Å². The molecule has 3 aliphatic rings. The maximum Gasteiger partial charge on any atom is 0.300 e. The van der Waals surface area contributed by atoms with Crippen molar-refractivity contribution in [1.29, 1.82) is 5.26 Å². The topological polar surface area (TPSA) is 41.1 Å². The van der Waals surface area contributed by atoms with Gasteiger partial charge in [0.25, 0.3) is 0 Å². The van der Waals surface area contributed by atoms with Gasteiger partial charge in [-0.3, -0.25) is 4.90 Å². The van der Waals surface area contributed by atoms with E-state index in [1.165, 1.54) is 38.8 Å². The van der Waals surface area contributed by atoms with E-state index < -0.39 is 0 Å². The SMILES string of the molecule is [C-]#[N+]/C(C#N)=C1\N(CCCN2CCC[C@@H]2C)CCN1CCN1CCC[C@@H]1C. The number of hydrogen-bond acceptors (Lipinski definition) is 5. The van der Waals surface area contributed by atoms with Gasteiger partial charge in [0.05, 0.1) is 12.6 Å². The van der Waals surface area contributed by atoms with Crippen molar-refractivity contribution in [3.8, 4) is 6.07 Å². The monoisotopic (exact) mass is 370 g/mol. The van der Waals surface area contributed by atoms with Crippen LogP contribution in [0.5, 0.6) is 0 Å². The van der Waals surface area contributed by atoms with Crippen LogP contribution in [0.2, 0.25) is 0 Å². The summed E-state index contributed by atoms with van der Waals surface area (Å²) in [6, 6.07) is 3.51. The molecular weight excluding hydrogens is 336 g/mol. The van der Waals surface area contributed by atoms with E-state index >= 15 is 0 Å². The fraction of sp³-hybridized carbons (Fsp3) is 0.810. The smallest absolute Gasteiger partial charge is 0.300 e. The summed E-state index contributed by atoms with van der Waals surface area (Å²) in [4.78, 5) is 13.2. The Morgan fingerprint density at radius 2 is 1.56 bits per heavy atom. The van der Waals surface area contributed by atoms with Gasteiger partial charge in [0.1, 0.15) is 5.82 Å². The molecule has 2 atom stereocenters. The molecule has 3 aliphatic heterocycles. The van der Waals surface area contributed by atoms with Crippen molar-refractivity contribution in [2.24, 2.45) is 0 Å². The van der Waals surface area contributed by atoms with E-state index in [0.29, 0.717) is 12.1 Å². The van der Waals surface area contributed by atoms with E-state index in [-0.39, 0.29) is 5.70 Å². The van der Waals surface area contributed by atoms with Gasteiger partial charge in [-0.2, -0.15) is 0 Å². The summed E-state index contributed by atoms with van der Waals surface area (Å²) in [5, 5.41) is 9.48. The third-order valence-corrected chi connectivity index (χ3v) is 6.58. The van der Waals surface area contributed by atoms with Crippen molar-refractivity contribution < 1.29 is 0 Å². The zero-order valence-electron chi connectivity index (χ0n) is 17.0. The van der Waals surface area contributed by atoms with Gasteiger partial charge < -0.3 is 14.7 Å². The molecule has 3 saturated heterocycles. The lowest BCUT2D eigenvalue weighted by Gasteiger charge is -2.29. The van der Waals surface area contributed by atoms with Crippen molar-refractivity contribution >= 4 is 0 Å². The van der Waals surface area contributed by atoms with Crippen LogP contribution in [0, 0.1) is 17.9 Å². The van der Waals surface area contributed by atoms with E-state index in [2.05, 4.69) is 44.4 Å². The van der Waals surface area contributed by atoms with Crippen molar-refractivity contribution in [2.75, 3.05) is 52.4 Å². The highest BCUT2D eigenvalue weighted by molar-refractivity contribution is 5.33. The molecule has 0 amide bonds. The zero-order chi connectivity index (χ0) is 19.2. The largest absolute Gasteiger partial charge is 0.365 e. The highest BCUT2D eigenvalue weighted by Crippen LogP contribution is 2.25. The number of nitriles is 1. The normalized spacial score (nSPS) is 28.6. The summed E-state index contributed by atoms with van der Waals surface area (Å²) in [7, 11) is 0. The molecule has 0 saturated carbocycles. The van der Waals surface area contributed by atoms with E-state index in [1.807, 2.05) is 0 Å². The second-order valence-electron chi connectivity index (χ2n) is 8.28. The predicted octanol–water partition coefficient (Wildman–Crippen LogP) is 2.57. The molecule has 6 heteroatoms. The second kappa shape index (κ2) is 9.44. The van der Waals surface area contributed by atoms with Crippen molar-refractivity contribution in [2.45, 2.75) is 58.0 Å². The summed E-state index contributed by atoms with van der Waals surface area (Å²) < 4.78 is 0. The van der Waals surface area contributed by atoms with E-state index in [1.54, 1.807) is 0 Å². The molecule has 0 unspecified atom stereocenters. The van der Waals surface area contributed by atoms with Gasteiger partial charge in [0.15, 0.2) is 0 Å². The molecule has 6 nitrogen and oxygen atoms in total. The number of hydrogen-bond donors (Lipinski definition) is 0. The molecule has 0 bridgehead atoms. The molecular formula is C21H34N6. The first-order valence-electron chi connectivity index (χ1n) is 10.6. The van der Waals surface area contributed by atoms with Crippen LogP contribution in [0.1, 0.15) is 46.0 Å². The summed E-state index contributed by atoms with van der Waals surface area (Å²) in [6.07, 6.45) is 6.30. The quantitative estimate of drug-likeness (QED) is 0.509. The van der Waals surface area contributed by atoms with Gasteiger partial charge in [0, 0.05) is 51.4 Å². The third-order valence-electron chi connectivity index (χ3n) is 6.58. The third kappa shape index (κ3) is 4.75. The van der Waals surface area contributed by atoms with Crippen LogP contribution < -0.4 is 0 Å². The van der Waals surface area contributed by atoms with Crippen LogP contribution in [-0.2, 0) is 0 Å². The molecule has 148 valence electrons. The van der Waals surface area contributed by atoms with Gasteiger partial charge in [-0.1, -0.05) is 0 Å². The average Bonchev–Trinajstić information content (AvgIpc) is 3.37. The Labute approximate surface area is 164 Å². The molecule has 0 aromatic carbocycles. The lowest BCUT2D eigenvalue weighted by molar-refractivity contribution is 0.224. The number of nitrogens with zero attached hydrogens (tertiary/aromatic N) is 6. The minimum atomic E-state index is 0.261. The van der Waals surface area contributed by atoms with E-state index in [9.17, 15) is 5.26 Å². The van der Waals surface area contributed by atoms with Crippen molar-refractivity contribution in [3.63, 3.8) is 0 Å². The minimum absolute atomic E-state index is 0.261. The Morgan fingerprint density at radius 3 is 2.07 bits per heavy atom. The highest BCUT2D eigenvalue weighted by atomic mass is 15.4. The molecule has 3 heterocycles. The second-order valence-corrected chi connectivity index (χ2v) is 8.28. The Kier molecular flexibility index (Phi) is 6.99. The van der Waals surface area contributed by atoms with Crippen LogP contribution in [0.4, 0.5) is 0 Å². The molecule has 0 aromatic rings. The Hall–Kier alpha value is -1.76. The standard InChI is InChI=1S/C21H34N6/c1-18-7-4-9-24(18)11-6-12-26-15-16-27(21(26)20(17-22)23-3)14-13-25-10-5-8-19(25)2/h18-19H,4-16H2,1-2H3/b21-20+/t18-,19-/m0/s1. The van der Waals surface area contributed by atoms with Crippen LogP contribution in [0.25, 0.3) is 4.85 Å². The van der Waals surface area contributed by atoms with Gasteiger partial charge in [-0.15, -0.1) is 0 Å². The van der Waals surface area contributed by atoms with Gasteiger partial charge >= 0.3 is 5.70 Å². The fourth-order valence-electron chi connectivity index (χ4n) is 4.88. The molecule has 0 spiro atoms. The van der Waals surface area contributed by atoms with Gasteiger partial charge in [0.2, 0.25) is 0 Å². The first-order valence-corrected chi connectivity index (χ1v) is 10.6. The Balaban J connectivity index is 1.58. The summed E-state index contributed by atoms with van der Waals surface area (Å²) in [5.74, 6) is 0.883. The maximum atomic E-state index is 9.48. The Morgan fingerprint density at radius 1 is 0.963 bits per heavy atom. The maximum absolute atomic E-state index is 9.48. The highest BCUT2D eigenvalue weighted by Gasteiger charge is 2.30. The predicted molar refractivity (Wildman–Crippen MR) is 108 cm³/mol. The summed E-state index contributed by atoms with van der Waals surface area (Å²) >= 11 is 0. The van der Waals surface area contributed by atoms with Gasteiger partial charge in [-0.05, 0) is 59.0 Å². The lowest BCUT2D eigenvalue weighted by atomic mass is 10.2. The summed E-state index contributed by atoms with van der Waals surface area (Å²) in [6.45, 7) is 20.3. The zero-order valence-corrected chi connectivity index (χ0v) is 17.0. The molecule has 27 heavy (non-hydrogen) atoms. The van der Waals surface area contributed by atoms with E-state index in [4.69, 9.17) is 6.57 Å². The molecule has 0 aromatic heterocycles. The average molecular weight is 371 g/mol. The first kappa shape index (κ1) is 20.0. The number of rotatable bonds is 7. The molecule has 0 radical (unpaired) electrons. The van der Waals surface area contributed by atoms with Crippen molar-refractivity contribution in [1.82, 2.24) is 19.6 Å². The van der Waals surface area contributed by atoms with Crippen molar-refractivity contribution in [3.05, 3.63) is 22.9 Å². The van der Waals surface area contributed by atoms with E-state index in [0.717, 1.165) is 51.5 Å². The molecule has 0 N–H and O–H groups in total. The van der Waals surface area contributed by atoms with Crippen LogP contribution >= 0.6 is 0 Å². The fourth-order valence-corrected chi connectivity index (χ4v) is 4.88. The molecule has 3 fully saturated rings. The number of allylic oxidation sites excluding steroid dienone is 1. The molecule has 3 rings (SSSR count). The van der Waals surface area contributed by atoms with Crippen LogP contribution in [-0.4, -0.2) is 84.0 Å². The Bertz CT molecular complexity index is 599. The minimum Gasteiger partial charge on any atom is -0.365 e. The van der Waals surface area contributed by atoms with Crippen LogP contribution in [0.3, 0.4) is 0 Å². The summed E-state index contributed by atoms with van der Waals surface area (Å²) in [5.41, 5.74) is 0.261.